The fourth-order valence-corrected chi connectivity index (χ4v) is 3.38. The fourth-order valence-electron chi connectivity index (χ4n) is 3.20. The van der Waals surface area contributed by atoms with E-state index in [-0.39, 0.29) is 17.4 Å². The number of nitrogens with zero attached hydrogens (tertiary/aromatic N) is 2. The maximum atomic E-state index is 13.0. The highest BCUT2D eigenvalue weighted by Gasteiger charge is 2.33. The quantitative estimate of drug-likeness (QED) is 0.784. The number of amides is 1. The Kier molecular flexibility index (Phi) is 5.28. The fraction of sp³-hybridized carbons (Fsp3) is 0.500. The Morgan fingerprint density at radius 3 is 2.62 bits per heavy atom. The van der Waals surface area contributed by atoms with Gasteiger partial charge in [-0.2, -0.15) is 0 Å². The van der Waals surface area contributed by atoms with Gasteiger partial charge in [0.15, 0.2) is 0 Å². The standard InChI is InChI=1S/C20H25ClN2O3/c1-13-17(18(22-26-13)20(2,3)4)19(24)23-10-8-15(9-11-23)25-16-7-5-6-14(21)12-16/h5-7,12,15H,8-11H2,1-4H3. The van der Waals surface area contributed by atoms with Crippen molar-refractivity contribution < 1.29 is 14.1 Å². The molecule has 0 bridgehead atoms. The summed E-state index contributed by atoms with van der Waals surface area (Å²) in [5, 5.41) is 4.78. The number of halogens is 1. The topological polar surface area (TPSA) is 55.6 Å². The monoisotopic (exact) mass is 376 g/mol. The van der Waals surface area contributed by atoms with Gasteiger partial charge in [-0.05, 0) is 25.1 Å². The molecule has 0 unspecified atom stereocenters. The number of piperidine rings is 1. The van der Waals surface area contributed by atoms with Crippen molar-refractivity contribution in [3.05, 3.63) is 46.3 Å². The van der Waals surface area contributed by atoms with E-state index >= 15 is 0 Å². The molecule has 0 saturated carbocycles. The molecule has 1 aromatic carbocycles. The highest BCUT2D eigenvalue weighted by atomic mass is 35.5. The van der Waals surface area contributed by atoms with Gasteiger partial charge in [0.05, 0.1) is 0 Å². The van der Waals surface area contributed by atoms with Gasteiger partial charge in [-0.25, -0.2) is 0 Å². The Labute approximate surface area is 159 Å². The van der Waals surface area contributed by atoms with E-state index in [1.807, 2.05) is 49.9 Å². The molecule has 0 radical (unpaired) electrons. The van der Waals surface area contributed by atoms with Crippen molar-refractivity contribution in [2.45, 2.75) is 52.1 Å². The largest absolute Gasteiger partial charge is 0.490 e. The zero-order valence-electron chi connectivity index (χ0n) is 15.7. The third kappa shape index (κ3) is 4.04. The molecular weight excluding hydrogens is 352 g/mol. The van der Waals surface area contributed by atoms with Gasteiger partial charge in [-0.1, -0.05) is 43.6 Å². The van der Waals surface area contributed by atoms with Crippen LogP contribution in [-0.2, 0) is 5.41 Å². The van der Waals surface area contributed by atoms with Crippen molar-refractivity contribution >= 4 is 17.5 Å². The number of hydrogen-bond acceptors (Lipinski definition) is 4. The van der Waals surface area contributed by atoms with Gasteiger partial charge >= 0.3 is 0 Å². The van der Waals surface area contributed by atoms with E-state index in [0.717, 1.165) is 24.3 Å². The minimum atomic E-state index is -0.239. The summed E-state index contributed by atoms with van der Waals surface area (Å²) in [6.45, 7) is 9.20. The summed E-state index contributed by atoms with van der Waals surface area (Å²) in [5.41, 5.74) is 1.08. The van der Waals surface area contributed by atoms with Crippen LogP contribution in [0.5, 0.6) is 5.75 Å². The maximum Gasteiger partial charge on any atom is 0.259 e. The van der Waals surface area contributed by atoms with Crippen molar-refractivity contribution in [1.82, 2.24) is 10.1 Å². The highest BCUT2D eigenvalue weighted by molar-refractivity contribution is 6.30. The van der Waals surface area contributed by atoms with Gasteiger partial charge in [0.2, 0.25) is 0 Å². The Balaban J connectivity index is 1.65. The van der Waals surface area contributed by atoms with E-state index in [0.29, 0.717) is 29.4 Å². The van der Waals surface area contributed by atoms with E-state index < -0.39 is 0 Å². The number of ether oxygens (including phenoxy) is 1. The molecule has 0 spiro atoms. The van der Waals surface area contributed by atoms with Crippen molar-refractivity contribution in [3.63, 3.8) is 0 Å². The summed E-state index contributed by atoms with van der Waals surface area (Å²) < 4.78 is 11.3. The van der Waals surface area contributed by atoms with E-state index in [1.165, 1.54) is 0 Å². The van der Waals surface area contributed by atoms with Crippen LogP contribution in [0.3, 0.4) is 0 Å². The summed E-state index contributed by atoms with van der Waals surface area (Å²) in [6.07, 6.45) is 1.66. The number of hydrogen-bond donors (Lipinski definition) is 0. The molecule has 3 rings (SSSR count). The van der Waals surface area contributed by atoms with Gasteiger partial charge in [-0.15, -0.1) is 0 Å². The van der Waals surface area contributed by atoms with Gasteiger partial charge in [-0.3, -0.25) is 4.79 Å². The molecule has 1 saturated heterocycles. The van der Waals surface area contributed by atoms with E-state index in [4.69, 9.17) is 20.9 Å². The van der Waals surface area contributed by atoms with Gasteiger partial charge in [0.1, 0.15) is 28.9 Å². The summed E-state index contributed by atoms with van der Waals surface area (Å²) in [4.78, 5) is 14.9. The van der Waals surface area contributed by atoms with E-state index in [2.05, 4.69) is 5.16 Å². The normalized spacial score (nSPS) is 16.0. The summed E-state index contributed by atoms with van der Waals surface area (Å²) in [5.74, 6) is 1.35. The van der Waals surface area contributed by atoms with Crippen molar-refractivity contribution in [1.29, 1.82) is 0 Å². The van der Waals surface area contributed by atoms with Crippen LogP contribution in [0.15, 0.2) is 28.8 Å². The van der Waals surface area contributed by atoms with E-state index in [9.17, 15) is 4.79 Å². The highest BCUT2D eigenvalue weighted by Crippen LogP contribution is 2.29. The summed E-state index contributed by atoms with van der Waals surface area (Å²) in [6, 6.07) is 7.41. The molecule has 1 aromatic heterocycles. The van der Waals surface area contributed by atoms with Gasteiger partial charge < -0.3 is 14.2 Å². The molecule has 26 heavy (non-hydrogen) atoms. The first-order valence-electron chi connectivity index (χ1n) is 8.94. The number of carbonyl (C=O) groups is 1. The van der Waals surface area contributed by atoms with Gasteiger partial charge in [0, 0.05) is 36.4 Å². The first kappa shape index (κ1) is 18.8. The molecule has 6 heteroatoms. The first-order chi connectivity index (χ1) is 12.3. The minimum Gasteiger partial charge on any atom is -0.490 e. The number of aromatic nitrogens is 1. The van der Waals surface area contributed by atoms with Crippen molar-refractivity contribution in [2.24, 2.45) is 0 Å². The molecule has 1 fully saturated rings. The molecule has 1 amide bonds. The number of carbonyl (C=O) groups excluding carboxylic acids is 1. The third-order valence-electron chi connectivity index (χ3n) is 4.62. The molecule has 2 aromatic rings. The smallest absolute Gasteiger partial charge is 0.259 e. The molecule has 0 aliphatic carbocycles. The van der Waals surface area contributed by atoms with Crippen LogP contribution < -0.4 is 4.74 Å². The summed E-state index contributed by atoms with van der Waals surface area (Å²) >= 11 is 6.00. The number of benzene rings is 1. The van der Waals surface area contributed by atoms with Crippen LogP contribution in [-0.4, -0.2) is 35.2 Å². The average Bonchev–Trinajstić information content (AvgIpc) is 2.97. The zero-order valence-corrected chi connectivity index (χ0v) is 16.5. The van der Waals surface area contributed by atoms with Crippen LogP contribution in [0.2, 0.25) is 5.02 Å². The van der Waals surface area contributed by atoms with Crippen molar-refractivity contribution in [2.75, 3.05) is 13.1 Å². The first-order valence-corrected chi connectivity index (χ1v) is 9.32. The lowest BCUT2D eigenvalue weighted by Crippen LogP contribution is -2.42. The molecule has 0 N–H and O–H groups in total. The lowest BCUT2D eigenvalue weighted by atomic mass is 9.88. The number of aryl methyl sites for hydroxylation is 1. The molecule has 1 aliphatic rings. The number of likely N-dealkylation sites (tertiary alicyclic amines) is 1. The molecule has 5 nitrogen and oxygen atoms in total. The number of rotatable bonds is 3. The third-order valence-corrected chi connectivity index (χ3v) is 4.85. The Bertz CT molecular complexity index is 787. The SMILES string of the molecule is Cc1onc(C(C)(C)C)c1C(=O)N1CCC(Oc2cccc(Cl)c2)CC1. The Morgan fingerprint density at radius 2 is 2.00 bits per heavy atom. The zero-order chi connectivity index (χ0) is 18.9. The second-order valence-corrected chi connectivity index (χ2v) is 8.22. The molecule has 2 heterocycles. The van der Waals surface area contributed by atoms with Crippen LogP contribution in [0.1, 0.15) is 55.4 Å². The van der Waals surface area contributed by atoms with Crippen LogP contribution in [0, 0.1) is 6.92 Å². The molecule has 1 aliphatic heterocycles. The second-order valence-electron chi connectivity index (χ2n) is 7.78. The minimum absolute atomic E-state index is 0.00474. The Morgan fingerprint density at radius 1 is 1.31 bits per heavy atom. The Hall–Kier alpha value is -2.01. The molecular formula is C20H25ClN2O3. The lowest BCUT2D eigenvalue weighted by molar-refractivity contribution is 0.0592. The molecule has 0 atom stereocenters. The second kappa shape index (κ2) is 7.31. The van der Waals surface area contributed by atoms with Crippen molar-refractivity contribution in [3.8, 4) is 5.75 Å². The molecule has 140 valence electrons. The predicted molar refractivity (Wildman–Crippen MR) is 101 cm³/mol. The average molecular weight is 377 g/mol. The summed E-state index contributed by atoms with van der Waals surface area (Å²) in [7, 11) is 0. The van der Waals surface area contributed by atoms with Crippen LogP contribution >= 0.6 is 11.6 Å². The lowest BCUT2D eigenvalue weighted by Gasteiger charge is -2.32. The van der Waals surface area contributed by atoms with Crippen LogP contribution in [0.25, 0.3) is 0 Å². The maximum absolute atomic E-state index is 13.0. The van der Waals surface area contributed by atoms with Gasteiger partial charge in [0.25, 0.3) is 5.91 Å². The van der Waals surface area contributed by atoms with Crippen LogP contribution in [0.4, 0.5) is 0 Å². The van der Waals surface area contributed by atoms with E-state index in [1.54, 1.807) is 6.92 Å². The predicted octanol–water partition coefficient (Wildman–Crippen LogP) is 4.62.